The van der Waals surface area contributed by atoms with Crippen LogP contribution in [0, 0.1) is 0 Å². The molecule has 0 atom stereocenters. The van der Waals surface area contributed by atoms with E-state index in [0.29, 0.717) is 0 Å². The summed E-state index contributed by atoms with van der Waals surface area (Å²) < 4.78 is 22.2. The molecule has 0 bridgehead atoms. The molecule has 0 fully saturated rings. The Morgan fingerprint density at radius 2 is 0.767 bits per heavy atom. The van der Waals surface area contributed by atoms with Gasteiger partial charge < -0.3 is 14.2 Å². The van der Waals surface area contributed by atoms with Crippen LogP contribution >= 0.6 is 0 Å². The highest BCUT2D eigenvalue weighted by atomic mass is 16.5. The summed E-state index contributed by atoms with van der Waals surface area (Å²) >= 11 is 0. The van der Waals surface area contributed by atoms with Crippen molar-refractivity contribution in [3.05, 3.63) is 84.9 Å². The molecule has 0 saturated heterocycles. The predicted octanol–water partition coefficient (Wildman–Crippen LogP) is 6.59. The average molecular weight is 399 g/mol. The van der Waals surface area contributed by atoms with Crippen molar-refractivity contribution in [1.82, 2.24) is 0 Å². The van der Waals surface area contributed by atoms with E-state index in [-0.39, 0.29) is 0 Å². The summed E-state index contributed by atoms with van der Waals surface area (Å²) in [5.41, 5.74) is 4.08. The Kier molecular flexibility index (Phi) is 5.66. The number of rotatable bonds is 6. The fourth-order valence-electron chi connectivity index (χ4n) is 3.25. The average Bonchev–Trinajstić information content (AvgIpc) is 2.84. The minimum Gasteiger partial charge on any atom is -0.497 e. The Morgan fingerprint density at radius 1 is 0.433 bits per heavy atom. The standard InChI is InChI=1S/C26H23O4/c1-27-22-10-4-18(5-11-22)21-16-25(19-6-12-23(28-2)13-7-19)30-26(17-21)20-8-14-24(29-3)15-9-20/h4-17H,1-3H3/q+1. The second-order valence-corrected chi connectivity index (χ2v) is 6.76. The molecule has 0 amide bonds. The van der Waals surface area contributed by atoms with E-state index >= 15 is 0 Å². The van der Waals surface area contributed by atoms with Crippen LogP contribution in [0.15, 0.2) is 89.3 Å². The fourth-order valence-corrected chi connectivity index (χ4v) is 3.25. The minimum absolute atomic E-state index is 0.775. The quantitative estimate of drug-likeness (QED) is 0.343. The van der Waals surface area contributed by atoms with Crippen LogP contribution in [-0.2, 0) is 0 Å². The van der Waals surface area contributed by atoms with Gasteiger partial charge in [-0.05, 0) is 66.2 Å². The molecule has 0 saturated carbocycles. The molecule has 4 nitrogen and oxygen atoms in total. The van der Waals surface area contributed by atoms with Gasteiger partial charge in [0, 0.05) is 5.56 Å². The summed E-state index contributed by atoms with van der Waals surface area (Å²) in [6, 6.07) is 27.8. The van der Waals surface area contributed by atoms with E-state index < -0.39 is 0 Å². The first-order chi connectivity index (χ1) is 14.7. The van der Waals surface area contributed by atoms with Crippen molar-refractivity contribution in [1.29, 1.82) is 0 Å². The first kappa shape index (κ1) is 19.5. The maximum Gasteiger partial charge on any atom is 0.361 e. The molecule has 3 aromatic carbocycles. The first-order valence-corrected chi connectivity index (χ1v) is 9.61. The van der Waals surface area contributed by atoms with Gasteiger partial charge >= 0.3 is 11.5 Å². The zero-order valence-corrected chi connectivity index (χ0v) is 17.2. The Hall–Kier alpha value is -3.79. The molecule has 0 aliphatic heterocycles. The molecule has 1 heterocycles. The van der Waals surface area contributed by atoms with Crippen LogP contribution < -0.4 is 14.2 Å². The number of ether oxygens (including phenoxy) is 3. The predicted molar refractivity (Wildman–Crippen MR) is 119 cm³/mol. The molecule has 0 radical (unpaired) electrons. The molecule has 0 N–H and O–H groups in total. The van der Waals surface area contributed by atoms with Gasteiger partial charge in [0.05, 0.1) is 44.6 Å². The second-order valence-electron chi connectivity index (χ2n) is 6.76. The molecule has 4 rings (SSSR count). The highest BCUT2D eigenvalue weighted by molar-refractivity contribution is 5.75. The molecule has 0 aliphatic rings. The van der Waals surface area contributed by atoms with Crippen LogP contribution in [0.4, 0.5) is 0 Å². The third kappa shape index (κ3) is 4.13. The molecule has 0 aliphatic carbocycles. The van der Waals surface area contributed by atoms with Crippen LogP contribution in [0.2, 0.25) is 0 Å². The van der Waals surface area contributed by atoms with E-state index in [2.05, 4.69) is 12.1 Å². The molecular formula is C26H23O4+. The van der Waals surface area contributed by atoms with E-state index in [0.717, 1.165) is 51.0 Å². The van der Waals surface area contributed by atoms with Crippen molar-refractivity contribution in [2.45, 2.75) is 0 Å². The maximum atomic E-state index is 6.30. The van der Waals surface area contributed by atoms with E-state index in [1.54, 1.807) is 21.3 Å². The summed E-state index contributed by atoms with van der Waals surface area (Å²) in [4.78, 5) is 0. The first-order valence-electron chi connectivity index (χ1n) is 9.61. The molecule has 4 aromatic rings. The molecule has 0 unspecified atom stereocenters. The molecule has 30 heavy (non-hydrogen) atoms. The third-order valence-electron chi connectivity index (χ3n) is 4.97. The molecule has 1 aromatic heterocycles. The number of hydrogen-bond acceptors (Lipinski definition) is 3. The van der Waals surface area contributed by atoms with Crippen LogP contribution in [0.3, 0.4) is 0 Å². The summed E-state index contributed by atoms with van der Waals surface area (Å²) in [5.74, 6) is 3.99. The van der Waals surface area contributed by atoms with Gasteiger partial charge in [0.15, 0.2) is 0 Å². The Balaban J connectivity index is 1.83. The topological polar surface area (TPSA) is 39.0 Å². The second kappa shape index (κ2) is 8.70. The Morgan fingerprint density at radius 3 is 1.10 bits per heavy atom. The maximum absolute atomic E-state index is 6.30. The third-order valence-corrected chi connectivity index (χ3v) is 4.97. The number of hydrogen-bond donors (Lipinski definition) is 0. The summed E-state index contributed by atoms with van der Waals surface area (Å²) in [7, 11) is 4.98. The Bertz CT molecular complexity index is 957. The lowest BCUT2D eigenvalue weighted by molar-refractivity contribution is 0.414. The summed E-state index contributed by atoms with van der Waals surface area (Å²) in [6.45, 7) is 0. The fraction of sp³-hybridized carbons (Fsp3) is 0.115. The lowest BCUT2D eigenvalue weighted by atomic mass is 10.0. The van der Waals surface area contributed by atoms with Crippen molar-refractivity contribution in [2.75, 3.05) is 21.3 Å². The van der Waals surface area contributed by atoms with Crippen LogP contribution in [0.25, 0.3) is 33.8 Å². The van der Waals surface area contributed by atoms with Crippen LogP contribution in [-0.4, -0.2) is 21.3 Å². The van der Waals surface area contributed by atoms with Crippen molar-refractivity contribution in [3.8, 4) is 51.0 Å². The van der Waals surface area contributed by atoms with Gasteiger partial charge in [-0.1, -0.05) is 12.1 Å². The van der Waals surface area contributed by atoms with E-state index in [1.807, 2.05) is 72.8 Å². The zero-order valence-electron chi connectivity index (χ0n) is 17.2. The van der Waals surface area contributed by atoms with Crippen LogP contribution in [0.1, 0.15) is 0 Å². The smallest absolute Gasteiger partial charge is 0.361 e. The van der Waals surface area contributed by atoms with Gasteiger partial charge in [-0.2, -0.15) is 0 Å². The molecular weight excluding hydrogens is 376 g/mol. The zero-order chi connectivity index (χ0) is 20.9. The van der Waals surface area contributed by atoms with E-state index in [4.69, 9.17) is 18.6 Å². The van der Waals surface area contributed by atoms with Crippen molar-refractivity contribution in [2.24, 2.45) is 0 Å². The van der Waals surface area contributed by atoms with Crippen molar-refractivity contribution < 1.29 is 18.6 Å². The van der Waals surface area contributed by atoms with Gasteiger partial charge in [-0.3, -0.25) is 0 Å². The lowest BCUT2D eigenvalue weighted by Gasteiger charge is -2.05. The van der Waals surface area contributed by atoms with Crippen molar-refractivity contribution in [3.63, 3.8) is 0 Å². The van der Waals surface area contributed by atoms with Crippen LogP contribution in [0.5, 0.6) is 17.2 Å². The van der Waals surface area contributed by atoms with E-state index in [1.165, 1.54) is 0 Å². The van der Waals surface area contributed by atoms with Gasteiger partial charge in [0.2, 0.25) is 0 Å². The molecule has 0 spiro atoms. The van der Waals surface area contributed by atoms with Gasteiger partial charge in [-0.25, -0.2) is 4.42 Å². The molecule has 150 valence electrons. The largest absolute Gasteiger partial charge is 0.497 e. The lowest BCUT2D eigenvalue weighted by Crippen LogP contribution is -1.88. The normalized spacial score (nSPS) is 10.5. The highest BCUT2D eigenvalue weighted by Crippen LogP contribution is 2.34. The van der Waals surface area contributed by atoms with Gasteiger partial charge in [0.25, 0.3) is 0 Å². The molecule has 4 heteroatoms. The summed E-state index contributed by atoms with van der Waals surface area (Å²) in [5, 5.41) is 0. The van der Waals surface area contributed by atoms with Crippen molar-refractivity contribution >= 4 is 0 Å². The SMILES string of the molecule is COc1ccc(-c2cc(-c3ccc(OC)cc3)[o+]c(-c3ccc(OC)cc3)c2)cc1. The number of methoxy groups -OCH3 is 3. The minimum atomic E-state index is 0.775. The van der Waals surface area contributed by atoms with E-state index in [9.17, 15) is 0 Å². The summed E-state index contributed by atoms with van der Waals surface area (Å²) in [6.07, 6.45) is 0. The monoisotopic (exact) mass is 399 g/mol. The van der Waals surface area contributed by atoms with Gasteiger partial charge in [-0.15, -0.1) is 0 Å². The highest BCUT2D eigenvalue weighted by Gasteiger charge is 2.21. The van der Waals surface area contributed by atoms with Gasteiger partial charge in [0.1, 0.15) is 17.2 Å². The number of benzene rings is 3. The Labute approximate surface area is 176 Å².